The molecule has 8 nitrogen and oxygen atoms in total. The van der Waals surface area contributed by atoms with Crippen molar-refractivity contribution in [2.75, 3.05) is 32.8 Å². The third kappa shape index (κ3) is 5.45. The number of nitrogens with two attached hydrogens (primary N) is 1. The second-order valence-electron chi connectivity index (χ2n) is 7.43. The molecule has 28 heavy (non-hydrogen) atoms. The lowest BCUT2D eigenvalue weighted by Gasteiger charge is -2.33. The van der Waals surface area contributed by atoms with E-state index >= 15 is 0 Å². The Labute approximate surface area is 164 Å². The predicted octanol–water partition coefficient (Wildman–Crippen LogP) is 0.271. The first-order valence-corrected chi connectivity index (χ1v) is 9.84. The van der Waals surface area contributed by atoms with Crippen LogP contribution < -0.4 is 21.1 Å². The SMILES string of the molecule is NC(=O)COc1ccc(C(=O)N2CCCC(CNC(=O)C3CCCN3)C2)cc1. The van der Waals surface area contributed by atoms with Gasteiger partial charge in [0.1, 0.15) is 5.75 Å². The van der Waals surface area contributed by atoms with Crippen LogP contribution in [0.3, 0.4) is 0 Å². The minimum Gasteiger partial charge on any atom is -0.484 e. The Bertz CT molecular complexity index is 701. The van der Waals surface area contributed by atoms with Gasteiger partial charge in [0, 0.05) is 25.2 Å². The van der Waals surface area contributed by atoms with E-state index in [1.807, 2.05) is 4.90 Å². The standard InChI is InChI=1S/C20H28N4O4/c21-18(25)13-28-16-7-5-15(6-8-16)20(27)24-10-2-3-14(12-24)11-23-19(26)17-4-1-9-22-17/h5-8,14,17,22H,1-4,9-13H2,(H2,21,25)(H,23,26). The Morgan fingerprint density at radius 1 is 1.18 bits per heavy atom. The van der Waals surface area contributed by atoms with E-state index < -0.39 is 5.91 Å². The molecule has 2 atom stereocenters. The molecule has 0 bridgehead atoms. The molecule has 0 saturated carbocycles. The van der Waals surface area contributed by atoms with Gasteiger partial charge < -0.3 is 26.0 Å². The summed E-state index contributed by atoms with van der Waals surface area (Å²) in [5, 5.41) is 6.23. The maximum Gasteiger partial charge on any atom is 0.255 e. The summed E-state index contributed by atoms with van der Waals surface area (Å²) in [5.41, 5.74) is 5.63. The highest BCUT2D eigenvalue weighted by Crippen LogP contribution is 2.20. The molecule has 4 N–H and O–H groups in total. The molecule has 2 saturated heterocycles. The number of primary amides is 1. The quantitative estimate of drug-likeness (QED) is 0.620. The molecular formula is C20H28N4O4. The van der Waals surface area contributed by atoms with Crippen molar-refractivity contribution in [1.29, 1.82) is 0 Å². The number of hydrogen-bond acceptors (Lipinski definition) is 5. The zero-order chi connectivity index (χ0) is 19.9. The zero-order valence-electron chi connectivity index (χ0n) is 16.0. The van der Waals surface area contributed by atoms with Crippen LogP contribution >= 0.6 is 0 Å². The fraction of sp³-hybridized carbons (Fsp3) is 0.550. The van der Waals surface area contributed by atoms with Gasteiger partial charge in [-0.3, -0.25) is 14.4 Å². The smallest absolute Gasteiger partial charge is 0.255 e. The Balaban J connectivity index is 1.49. The van der Waals surface area contributed by atoms with Crippen LogP contribution in [0.5, 0.6) is 5.75 Å². The molecule has 0 radical (unpaired) electrons. The summed E-state index contributed by atoms with van der Waals surface area (Å²) in [5.74, 6) is 0.245. The molecule has 0 aromatic heterocycles. The summed E-state index contributed by atoms with van der Waals surface area (Å²) in [6, 6.07) is 6.63. The average Bonchev–Trinajstić information content (AvgIpc) is 3.25. The van der Waals surface area contributed by atoms with Crippen LogP contribution in [0.1, 0.15) is 36.0 Å². The average molecular weight is 388 g/mol. The number of hydrogen-bond donors (Lipinski definition) is 3. The van der Waals surface area contributed by atoms with Gasteiger partial charge in [-0.25, -0.2) is 0 Å². The van der Waals surface area contributed by atoms with E-state index in [0.717, 1.165) is 32.2 Å². The highest BCUT2D eigenvalue weighted by molar-refractivity contribution is 5.94. The Hall–Kier alpha value is -2.61. The fourth-order valence-electron chi connectivity index (χ4n) is 3.72. The van der Waals surface area contributed by atoms with Gasteiger partial charge in [0.25, 0.3) is 11.8 Å². The van der Waals surface area contributed by atoms with Crippen molar-refractivity contribution in [2.45, 2.75) is 31.7 Å². The van der Waals surface area contributed by atoms with Crippen LogP contribution in [0.4, 0.5) is 0 Å². The summed E-state index contributed by atoms with van der Waals surface area (Å²) < 4.78 is 5.22. The molecule has 2 heterocycles. The monoisotopic (exact) mass is 388 g/mol. The summed E-state index contributed by atoms with van der Waals surface area (Å²) in [6.07, 6.45) is 3.85. The van der Waals surface area contributed by atoms with Crippen LogP contribution in [0, 0.1) is 5.92 Å². The zero-order valence-corrected chi connectivity index (χ0v) is 16.0. The largest absolute Gasteiger partial charge is 0.484 e. The van der Waals surface area contributed by atoms with Crippen LogP contribution in [0.2, 0.25) is 0 Å². The number of nitrogens with zero attached hydrogens (tertiary/aromatic N) is 1. The predicted molar refractivity (Wildman–Crippen MR) is 104 cm³/mol. The molecular weight excluding hydrogens is 360 g/mol. The van der Waals surface area contributed by atoms with Gasteiger partial charge in [0.2, 0.25) is 5.91 Å². The number of piperidine rings is 1. The van der Waals surface area contributed by atoms with Gasteiger partial charge >= 0.3 is 0 Å². The van der Waals surface area contributed by atoms with E-state index in [4.69, 9.17) is 10.5 Å². The molecule has 3 amide bonds. The van der Waals surface area contributed by atoms with Gasteiger partial charge in [-0.15, -0.1) is 0 Å². The molecule has 1 aromatic carbocycles. The van der Waals surface area contributed by atoms with Crippen molar-refractivity contribution in [2.24, 2.45) is 11.7 Å². The summed E-state index contributed by atoms with van der Waals surface area (Å²) in [4.78, 5) is 37.5. The lowest BCUT2D eigenvalue weighted by molar-refractivity contribution is -0.123. The number of carbonyl (C=O) groups excluding carboxylic acids is 3. The van der Waals surface area contributed by atoms with E-state index in [0.29, 0.717) is 30.9 Å². The molecule has 2 unspecified atom stereocenters. The molecule has 8 heteroatoms. The number of benzene rings is 1. The normalized spacial score (nSPS) is 21.9. The number of nitrogens with one attached hydrogen (secondary N) is 2. The lowest BCUT2D eigenvalue weighted by atomic mass is 9.97. The van der Waals surface area contributed by atoms with Crippen molar-refractivity contribution >= 4 is 17.7 Å². The van der Waals surface area contributed by atoms with Crippen LogP contribution in [0.15, 0.2) is 24.3 Å². The topological polar surface area (TPSA) is 114 Å². The number of ether oxygens (including phenoxy) is 1. The highest BCUT2D eigenvalue weighted by atomic mass is 16.5. The van der Waals surface area contributed by atoms with E-state index in [1.54, 1.807) is 24.3 Å². The van der Waals surface area contributed by atoms with E-state index in [1.165, 1.54) is 0 Å². The van der Waals surface area contributed by atoms with Crippen LogP contribution in [-0.4, -0.2) is 61.4 Å². The third-order valence-electron chi connectivity index (χ3n) is 5.23. The van der Waals surface area contributed by atoms with E-state index in [2.05, 4.69) is 10.6 Å². The maximum atomic E-state index is 12.8. The molecule has 0 aliphatic carbocycles. The first kappa shape index (κ1) is 20.1. The Morgan fingerprint density at radius 3 is 2.64 bits per heavy atom. The number of rotatable bonds is 7. The summed E-state index contributed by atoms with van der Waals surface area (Å²) in [7, 11) is 0. The second-order valence-corrected chi connectivity index (χ2v) is 7.43. The molecule has 2 fully saturated rings. The Morgan fingerprint density at radius 2 is 1.96 bits per heavy atom. The van der Waals surface area contributed by atoms with Gasteiger partial charge in [-0.1, -0.05) is 0 Å². The van der Waals surface area contributed by atoms with Gasteiger partial charge in [0.05, 0.1) is 6.04 Å². The minimum atomic E-state index is -0.546. The van der Waals surface area contributed by atoms with Crippen molar-refractivity contribution < 1.29 is 19.1 Å². The van der Waals surface area contributed by atoms with Crippen LogP contribution in [0.25, 0.3) is 0 Å². The minimum absolute atomic E-state index is 0.0325. The fourth-order valence-corrected chi connectivity index (χ4v) is 3.72. The van der Waals surface area contributed by atoms with E-state index in [-0.39, 0.29) is 30.4 Å². The van der Waals surface area contributed by atoms with Crippen molar-refractivity contribution in [3.05, 3.63) is 29.8 Å². The first-order valence-electron chi connectivity index (χ1n) is 9.84. The number of likely N-dealkylation sites (tertiary alicyclic amines) is 1. The first-order chi connectivity index (χ1) is 13.5. The van der Waals surface area contributed by atoms with Gasteiger partial charge in [-0.05, 0) is 62.4 Å². The number of carbonyl (C=O) groups is 3. The molecule has 0 spiro atoms. The second kappa shape index (κ2) is 9.54. The van der Waals surface area contributed by atoms with Crippen molar-refractivity contribution in [1.82, 2.24) is 15.5 Å². The van der Waals surface area contributed by atoms with Gasteiger partial charge in [-0.2, -0.15) is 0 Å². The molecule has 2 aliphatic heterocycles. The van der Waals surface area contributed by atoms with Gasteiger partial charge in [0.15, 0.2) is 6.61 Å². The Kier molecular flexibility index (Phi) is 6.86. The molecule has 3 rings (SSSR count). The van der Waals surface area contributed by atoms with Crippen molar-refractivity contribution in [3.63, 3.8) is 0 Å². The highest BCUT2D eigenvalue weighted by Gasteiger charge is 2.26. The molecule has 152 valence electrons. The van der Waals surface area contributed by atoms with E-state index in [9.17, 15) is 14.4 Å². The summed E-state index contributed by atoms with van der Waals surface area (Å²) in [6.45, 7) is 2.66. The summed E-state index contributed by atoms with van der Waals surface area (Å²) >= 11 is 0. The van der Waals surface area contributed by atoms with Crippen LogP contribution in [-0.2, 0) is 9.59 Å². The third-order valence-corrected chi connectivity index (χ3v) is 5.23. The lowest BCUT2D eigenvalue weighted by Crippen LogP contribution is -2.46. The van der Waals surface area contributed by atoms with Crippen molar-refractivity contribution in [3.8, 4) is 5.75 Å². The maximum absolute atomic E-state index is 12.8. The molecule has 1 aromatic rings. The number of amides is 3. The molecule has 2 aliphatic rings.